The summed E-state index contributed by atoms with van der Waals surface area (Å²) in [7, 11) is 0. The lowest BCUT2D eigenvalue weighted by Gasteiger charge is -2.27. The number of para-hydroxylation sites is 1. The zero-order valence-electron chi connectivity index (χ0n) is 15.1. The maximum absolute atomic E-state index is 13.3. The van der Waals surface area contributed by atoms with Crippen molar-refractivity contribution in [3.63, 3.8) is 0 Å². The molecular formula is C22H19NO5. The van der Waals surface area contributed by atoms with Crippen molar-refractivity contribution in [3.05, 3.63) is 75.6 Å². The molecule has 6 heteroatoms. The fourth-order valence-corrected chi connectivity index (χ4v) is 4.17. The number of hydrogen-bond acceptors (Lipinski definition) is 5. The lowest BCUT2D eigenvalue weighted by Crippen LogP contribution is -2.36. The SMILES string of the molecule is O=C1c2oc3ccccc3c(=O)c2C(c2ccc(O)cc2)N1CC1CCCO1. The Morgan fingerprint density at radius 1 is 1.07 bits per heavy atom. The number of benzene rings is 2. The summed E-state index contributed by atoms with van der Waals surface area (Å²) in [6, 6.07) is 13.0. The molecule has 2 aliphatic heterocycles. The Bertz CT molecular complexity index is 1110. The normalized spacial score (nSPS) is 21.4. The third-order valence-electron chi connectivity index (χ3n) is 5.51. The highest BCUT2D eigenvalue weighted by Crippen LogP contribution is 2.39. The fourth-order valence-electron chi connectivity index (χ4n) is 4.17. The first-order valence-electron chi connectivity index (χ1n) is 9.41. The van der Waals surface area contributed by atoms with Gasteiger partial charge in [-0.3, -0.25) is 9.59 Å². The Labute approximate surface area is 161 Å². The van der Waals surface area contributed by atoms with Gasteiger partial charge in [-0.05, 0) is 42.7 Å². The number of rotatable bonds is 3. The first kappa shape index (κ1) is 17.0. The maximum atomic E-state index is 13.3. The van der Waals surface area contributed by atoms with Crippen LogP contribution in [-0.4, -0.2) is 35.2 Å². The first-order valence-corrected chi connectivity index (χ1v) is 9.41. The molecule has 1 aromatic heterocycles. The number of carbonyl (C=O) groups excluding carboxylic acids is 1. The van der Waals surface area contributed by atoms with E-state index >= 15 is 0 Å². The van der Waals surface area contributed by atoms with E-state index in [1.165, 1.54) is 0 Å². The second-order valence-corrected chi connectivity index (χ2v) is 7.26. The highest BCUT2D eigenvalue weighted by atomic mass is 16.5. The second kappa shape index (κ2) is 6.49. The van der Waals surface area contributed by atoms with Gasteiger partial charge in [0.25, 0.3) is 5.91 Å². The van der Waals surface area contributed by atoms with Gasteiger partial charge in [0, 0.05) is 13.2 Å². The summed E-state index contributed by atoms with van der Waals surface area (Å²) >= 11 is 0. The van der Waals surface area contributed by atoms with E-state index in [-0.39, 0.29) is 28.9 Å². The standard InChI is InChI=1S/C22H19NO5/c24-14-9-7-13(8-10-14)19-18-20(25)16-5-1-2-6-17(16)28-21(18)22(26)23(19)12-15-4-3-11-27-15/h1-2,5-10,15,19,24H,3-4,11-12H2. The smallest absolute Gasteiger partial charge is 0.291 e. The molecule has 1 saturated heterocycles. The molecule has 1 N–H and O–H groups in total. The fraction of sp³-hybridized carbons (Fsp3) is 0.273. The molecule has 2 aliphatic rings. The number of fused-ring (bicyclic) bond motifs is 2. The van der Waals surface area contributed by atoms with E-state index in [1.54, 1.807) is 53.4 Å². The molecule has 2 aromatic carbocycles. The summed E-state index contributed by atoms with van der Waals surface area (Å²) in [6.07, 6.45) is 1.79. The van der Waals surface area contributed by atoms with Crippen LogP contribution in [0.5, 0.6) is 5.75 Å². The van der Waals surface area contributed by atoms with Crippen molar-refractivity contribution in [1.82, 2.24) is 4.90 Å². The number of amides is 1. The number of hydrogen-bond donors (Lipinski definition) is 1. The molecule has 1 amide bonds. The topological polar surface area (TPSA) is 80.0 Å². The molecule has 0 radical (unpaired) electrons. The zero-order valence-corrected chi connectivity index (χ0v) is 15.1. The van der Waals surface area contributed by atoms with Crippen molar-refractivity contribution in [3.8, 4) is 5.75 Å². The molecule has 0 aliphatic carbocycles. The number of phenols is 1. The van der Waals surface area contributed by atoms with Crippen LogP contribution < -0.4 is 5.43 Å². The van der Waals surface area contributed by atoms with Crippen LogP contribution in [0.3, 0.4) is 0 Å². The monoisotopic (exact) mass is 377 g/mol. The van der Waals surface area contributed by atoms with E-state index in [0.717, 1.165) is 18.4 Å². The first-order chi connectivity index (χ1) is 13.6. The lowest BCUT2D eigenvalue weighted by atomic mass is 9.98. The van der Waals surface area contributed by atoms with Crippen molar-refractivity contribution in [1.29, 1.82) is 0 Å². The predicted molar refractivity (Wildman–Crippen MR) is 102 cm³/mol. The highest BCUT2D eigenvalue weighted by Gasteiger charge is 2.43. The van der Waals surface area contributed by atoms with Crippen molar-refractivity contribution >= 4 is 16.9 Å². The van der Waals surface area contributed by atoms with E-state index in [4.69, 9.17) is 9.15 Å². The Morgan fingerprint density at radius 3 is 2.61 bits per heavy atom. The molecule has 2 atom stereocenters. The third-order valence-corrected chi connectivity index (χ3v) is 5.51. The molecule has 0 saturated carbocycles. The zero-order chi connectivity index (χ0) is 19.3. The van der Waals surface area contributed by atoms with Crippen LogP contribution in [0.2, 0.25) is 0 Å². The molecule has 28 heavy (non-hydrogen) atoms. The van der Waals surface area contributed by atoms with Crippen molar-refractivity contribution < 1.29 is 19.1 Å². The van der Waals surface area contributed by atoms with E-state index in [2.05, 4.69) is 0 Å². The van der Waals surface area contributed by atoms with Crippen molar-refractivity contribution in [2.24, 2.45) is 0 Å². The van der Waals surface area contributed by atoms with Crippen LogP contribution in [-0.2, 0) is 4.74 Å². The van der Waals surface area contributed by atoms with Crippen LogP contribution in [0.1, 0.15) is 40.6 Å². The Morgan fingerprint density at radius 2 is 1.86 bits per heavy atom. The molecule has 0 bridgehead atoms. The predicted octanol–water partition coefficient (Wildman–Crippen LogP) is 3.22. The number of ether oxygens (including phenoxy) is 1. The maximum Gasteiger partial charge on any atom is 0.291 e. The number of aromatic hydroxyl groups is 1. The molecular weight excluding hydrogens is 358 g/mol. The van der Waals surface area contributed by atoms with Gasteiger partial charge in [-0.2, -0.15) is 0 Å². The second-order valence-electron chi connectivity index (χ2n) is 7.26. The van der Waals surface area contributed by atoms with E-state index < -0.39 is 6.04 Å². The molecule has 3 aromatic rings. The molecule has 3 heterocycles. The minimum atomic E-state index is -0.562. The highest BCUT2D eigenvalue weighted by molar-refractivity contribution is 5.99. The van der Waals surface area contributed by atoms with Crippen LogP contribution in [0.4, 0.5) is 0 Å². The van der Waals surface area contributed by atoms with Gasteiger partial charge in [-0.25, -0.2) is 0 Å². The molecule has 1 fully saturated rings. The summed E-state index contributed by atoms with van der Waals surface area (Å²) in [4.78, 5) is 28.2. The van der Waals surface area contributed by atoms with Gasteiger partial charge in [-0.15, -0.1) is 0 Å². The summed E-state index contributed by atoms with van der Waals surface area (Å²) in [5, 5.41) is 10.1. The van der Waals surface area contributed by atoms with E-state index in [0.29, 0.717) is 29.7 Å². The largest absolute Gasteiger partial charge is 0.508 e. The average Bonchev–Trinajstić information content (AvgIpc) is 3.31. The van der Waals surface area contributed by atoms with Gasteiger partial charge in [0.05, 0.1) is 23.1 Å². The Hall–Kier alpha value is -3.12. The summed E-state index contributed by atoms with van der Waals surface area (Å²) in [6.45, 7) is 1.08. The van der Waals surface area contributed by atoms with Crippen LogP contribution in [0, 0.1) is 0 Å². The molecule has 2 unspecified atom stereocenters. The van der Waals surface area contributed by atoms with Gasteiger partial charge in [0.1, 0.15) is 11.3 Å². The molecule has 0 spiro atoms. The Kier molecular flexibility index (Phi) is 3.94. The minimum Gasteiger partial charge on any atom is -0.508 e. The summed E-state index contributed by atoms with van der Waals surface area (Å²) in [5.74, 6) is -0.0734. The van der Waals surface area contributed by atoms with Gasteiger partial charge in [0.2, 0.25) is 5.76 Å². The lowest BCUT2D eigenvalue weighted by molar-refractivity contribution is 0.0486. The number of phenolic OH excluding ortho intramolecular Hbond substituents is 1. The van der Waals surface area contributed by atoms with Crippen LogP contribution >= 0.6 is 0 Å². The van der Waals surface area contributed by atoms with E-state index in [1.807, 2.05) is 0 Å². The van der Waals surface area contributed by atoms with Crippen LogP contribution in [0.15, 0.2) is 57.7 Å². The quantitative estimate of drug-likeness (QED) is 0.758. The molecule has 6 nitrogen and oxygen atoms in total. The minimum absolute atomic E-state index is 0.0533. The molecule has 142 valence electrons. The van der Waals surface area contributed by atoms with Gasteiger partial charge >= 0.3 is 0 Å². The van der Waals surface area contributed by atoms with Gasteiger partial charge in [-0.1, -0.05) is 24.3 Å². The summed E-state index contributed by atoms with van der Waals surface area (Å²) in [5.41, 5.74) is 1.32. The van der Waals surface area contributed by atoms with E-state index in [9.17, 15) is 14.7 Å². The van der Waals surface area contributed by atoms with Crippen molar-refractivity contribution in [2.45, 2.75) is 25.0 Å². The number of nitrogens with zero attached hydrogens (tertiary/aromatic N) is 1. The summed E-state index contributed by atoms with van der Waals surface area (Å²) < 4.78 is 11.6. The molecule has 5 rings (SSSR count). The van der Waals surface area contributed by atoms with Gasteiger partial charge in [0.15, 0.2) is 5.43 Å². The van der Waals surface area contributed by atoms with Crippen LogP contribution in [0.25, 0.3) is 11.0 Å². The average molecular weight is 377 g/mol. The Balaban J connectivity index is 1.70. The van der Waals surface area contributed by atoms with Gasteiger partial charge < -0.3 is 19.2 Å². The number of carbonyl (C=O) groups is 1. The van der Waals surface area contributed by atoms with Crippen molar-refractivity contribution in [2.75, 3.05) is 13.2 Å². The third kappa shape index (κ3) is 2.60.